The second-order valence-electron chi connectivity index (χ2n) is 9.60. The van der Waals surface area contributed by atoms with Gasteiger partial charge in [-0.05, 0) is 30.0 Å². The molecule has 0 unspecified atom stereocenters. The first kappa shape index (κ1) is 21.3. The highest BCUT2D eigenvalue weighted by atomic mass is 79.9. The fourth-order valence-corrected chi connectivity index (χ4v) is 6.29. The molecular formula is C25H21BrN7O3+. The van der Waals surface area contributed by atoms with Crippen LogP contribution in [0.2, 0.25) is 0 Å². The average molecular weight is 547 g/mol. The Labute approximate surface area is 211 Å². The van der Waals surface area contributed by atoms with E-state index < -0.39 is 11.4 Å². The van der Waals surface area contributed by atoms with E-state index in [4.69, 9.17) is 5.73 Å². The average Bonchev–Trinajstić information content (AvgIpc) is 3.57. The second kappa shape index (κ2) is 7.05. The summed E-state index contributed by atoms with van der Waals surface area (Å²) in [6, 6.07) is 5.79. The van der Waals surface area contributed by atoms with Crippen LogP contribution in [0.25, 0.3) is 33.4 Å². The number of nitrogen functional groups attached to an aromatic ring is 1. The van der Waals surface area contributed by atoms with E-state index >= 15 is 0 Å². The van der Waals surface area contributed by atoms with Crippen LogP contribution in [-0.2, 0) is 5.60 Å². The van der Waals surface area contributed by atoms with E-state index in [0.29, 0.717) is 45.5 Å². The number of halogens is 1. The van der Waals surface area contributed by atoms with Crippen LogP contribution in [0.15, 0.2) is 46.1 Å². The van der Waals surface area contributed by atoms with E-state index in [1.54, 1.807) is 18.6 Å². The third kappa shape index (κ3) is 2.69. The normalized spacial score (nSPS) is 22.6. The summed E-state index contributed by atoms with van der Waals surface area (Å²) in [5.41, 5.74) is 9.20. The number of aromatic amines is 5. The Balaban J connectivity index is 1.35. The number of aliphatic hydroxyl groups is 1. The molecule has 2 bridgehead atoms. The molecule has 8 N–H and O–H groups in total. The molecule has 4 heterocycles. The number of imidazole rings is 1. The number of rotatable bonds is 2. The molecule has 0 radical (unpaired) electrons. The number of Topliss-reactive ketones (excluding diaryl/α,β-unsaturated/α-hetero) is 1. The fourth-order valence-electron chi connectivity index (χ4n) is 5.93. The topological polar surface area (TPSA) is 171 Å². The van der Waals surface area contributed by atoms with Gasteiger partial charge in [-0.2, -0.15) is 0 Å². The largest absolute Gasteiger partial charge is 0.374 e. The maximum absolute atomic E-state index is 13.4. The van der Waals surface area contributed by atoms with Crippen molar-refractivity contribution in [3.63, 3.8) is 0 Å². The molecule has 0 amide bonds. The fraction of sp³-hybridized carbons (Fsp3) is 0.200. The summed E-state index contributed by atoms with van der Waals surface area (Å²) in [6.45, 7) is 2.03. The zero-order valence-electron chi connectivity index (χ0n) is 19.0. The van der Waals surface area contributed by atoms with Gasteiger partial charge in [-0.1, -0.05) is 28.9 Å². The lowest BCUT2D eigenvalue weighted by Crippen LogP contribution is -2.49. The molecule has 11 heteroatoms. The molecule has 0 saturated carbocycles. The van der Waals surface area contributed by atoms with Crippen molar-refractivity contribution in [2.75, 3.05) is 5.73 Å². The van der Waals surface area contributed by atoms with Crippen LogP contribution < -0.4 is 16.3 Å². The van der Waals surface area contributed by atoms with Gasteiger partial charge < -0.3 is 20.1 Å². The third-order valence-corrected chi connectivity index (χ3v) is 8.15. The number of hydrogen-bond acceptors (Lipinski definition) is 5. The highest BCUT2D eigenvalue weighted by Gasteiger charge is 2.57. The standard InChI is InChI=1S/C25H20BrN7O3/c1-9-12-5-25(36,21-18(9)32-24(27)33-21)22(34)20-17(12)14(7-29-20)16-8-30-19(23(35)31-16)13-6-28-15-4-10(26)2-3-11(13)15/h2-4,6-9,12,28-29,36H,5H2,1H3,(H,31,35)(H3,27,32,33)/p+1/t9-,12-,25-/m1/s1. The van der Waals surface area contributed by atoms with Gasteiger partial charge in [0.15, 0.2) is 11.3 Å². The van der Waals surface area contributed by atoms with Crippen LogP contribution in [0, 0.1) is 0 Å². The Morgan fingerprint density at radius 2 is 2.00 bits per heavy atom. The lowest BCUT2D eigenvalue weighted by atomic mass is 9.63. The molecule has 10 nitrogen and oxygen atoms in total. The summed E-state index contributed by atoms with van der Waals surface area (Å²) >= 11 is 3.46. The molecule has 1 aromatic carbocycles. The summed E-state index contributed by atoms with van der Waals surface area (Å²) in [4.78, 5) is 46.4. The van der Waals surface area contributed by atoms with Crippen molar-refractivity contribution in [3.8, 4) is 22.5 Å². The minimum absolute atomic E-state index is 0.0558. The minimum Gasteiger partial charge on any atom is -0.374 e. The summed E-state index contributed by atoms with van der Waals surface area (Å²) in [5, 5.41) is 12.3. The van der Waals surface area contributed by atoms with E-state index in [9.17, 15) is 14.7 Å². The summed E-state index contributed by atoms with van der Waals surface area (Å²) in [7, 11) is 0. The van der Waals surface area contributed by atoms with E-state index in [2.05, 4.69) is 45.8 Å². The molecular weight excluding hydrogens is 526 g/mol. The summed E-state index contributed by atoms with van der Waals surface area (Å²) < 4.78 is 0.934. The number of hydrogen-bond donors (Lipinski definition) is 6. The van der Waals surface area contributed by atoms with E-state index in [1.165, 1.54) is 0 Å². The zero-order valence-corrected chi connectivity index (χ0v) is 20.6. The van der Waals surface area contributed by atoms with Crippen LogP contribution in [0.4, 0.5) is 5.95 Å². The summed E-state index contributed by atoms with van der Waals surface area (Å²) in [5.74, 6) is -0.378. The first-order chi connectivity index (χ1) is 17.3. The van der Waals surface area contributed by atoms with Gasteiger partial charge in [0.05, 0.1) is 17.6 Å². The number of carbonyl (C=O) groups is 1. The quantitative estimate of drug-likeness (QED) is 0.199. The smallest absolute Gasteiger partial charge is 0.350 e. The van der Waals surface area contributed by atoms with Gasteiger partial charge in [0, 0.05) is 44.8 Å². The summed E-state index contributed by atoms with van der Waals surface area (Å²) in [6.07, 6.45) is 5.29. The van der Waals surface area contributed by atoms with Gasteiger partial charge in [0.1, 0.15) is 11.4 Å². The van der Waals surface area contributed by atoms with Crippen molar-refractivity contribution in [2.24, 2.45) is 0 Å². The van der Waals surface area contributed by atoms with Crippen LogP contribution in [0.5, 0.6) is 0 Å². The molecule has 4 aromatic heterocycles. The Kier molecular flexibility index (Phi) is 4.18. The Morgan fingerprint density at radius 3 is 2.81 bits per heavy atom. The van der Waals surface area contributed by atoms with Crippen molar-refractivity contribution in [1.29, 1.82) is 0 Å². The van der Waals surface area contributed by atoms with Crippen LogP contribution in [-0.4, -0.2) is 35.8 Å². The third-order valence-electron chi connectivity index (χ3n) is 7.66. The number of benzene rings is 1. The van der Waals surface area contributed by atoms with Crippen molar-refractivity contribution in [3.05, 3.63) is 74.3 Å². The highest BCUT2D eigenvalue weighted by molar-refractivity contribution is 9.10. The molecule has 36 heavy (non-hydrogen) atoms. The Hall–Kier alpha value is -3.96. The number of fused-ring (bicyclic) bond motifs is 7. The number of carbonyl (C=O) groups excluding carboxylic acids is 1. The molecule has 0 saturated heterocycles. The number of nitrogens with zero attached hydrogens (tertiary/aromatic N) is 1. The molecule has 5 aromatic rings. The van der Waals surface area contributed by atoms with Gasteiger partial charge in [0.2, 0.25) is 5.78 Å². The molecule has 0 aliphatic heterocycles. The van der Waals surface area contributed by atoms with Crippen LogP contribution >= 0.6 is 15.9 Å². The van der Waals surface area contributed by atoms with E-state index in [-0.39, 0.29) is 23.8 Å². The van der Waals surface area contributed by atoms with Gasteiger partial charge in [-0.3, -0.25) is 15.3 Å². The minimum atomic E-state index is -1.70. The molecule has 0 spiro atoms. The first-order valence-electron chi connectivity index (χ1n) is 11.5. The number of H-pyrrole nitrogens is 5. The molecule has 0 fully saturated rings. The number of aromatic nitrogens is 6. The van der Waals surface area contributed by atoms with Gasteiger partial charge >= 0.3 is 5.95 Å². The number of nitrogens with two attached hydrogens (primary N) is 1. The number of ketones is 1. The maximum atomic E-state index is 13.4. The van der Waals surface area contributed by atoms with Crippen molar-refractivity contribution in [1.82, 2.24) is 24.9 Å². The number of nitrogens with one attached hydrogen (secondary N) is 5. The molecule has 2 aliphatic rings. The molecule has 2 aliphatic carbocycles. The monoisotopic (exact) mass is 546 g/mol. The van der Waals surface area contributed by atoms with Crippen LogP contribution in [0.3, 0.4) is 0 Å². The SMILES string of the molecule is C[C@H]1c2[nH]c(N)[nH+]c2[C@]2(O)C[C@H]1c1c(-c3cnc(-c4c[nH]c5cc(Br)ccc45)c(=O)[nH]3)c[nH]c1C2=O. The van der Waals surface area contributed by atoms with Crippen molar-refractivity contribution >= 4 is 38.6 Å². The molecule has 7 rings (SSSR count). The van der Waals surface area contributed by atoms with E-state index in [1.807, 2.05) is 25.1 Å². The highest BCUT2D eigenvalue weighted by Crippen LogP contribution is 2.55. The zero-order chi connectivity index (χ0) is 24.9. The molecule has 3 atom stereocenters. The van der Waals surface area contributed by atoms with E-state index in [0.717, 1.165) is 20.9 Å². The van der Waals surface area contributed by atoms with Crippen molar-refractivity contribution < 1.29 is 14.9 Å². The maximum Gasteiger partial charge on any atom is 0.350 e. The predicted octanol–water partition coefficient (Wildman–Crippen LogP) is 3.08. The van der Waals surface area contributed by atoms with Gasteiger partial charge in [-0.25, -0.2) is 15.0 Å². The van der Waals surface area contributed by atoms with Gasteiger partial charge in [0.25, 0.3) is 5.56 Å². The lowest BCUT2D eigenvalue weighted by molar-refractivity contribution is -0.387. The first-order valence-corrected chi connectivity index (χ1v) is 12.3. The van der Waals surface area contributed by atoms with Crippen LogP contribution in [0.1, 0.15) is 52.6 Å². The van der Waals surface area contributed by atoms with Crippen molar-refractivity contribution in [2.45, 2.75) is 30.8 Å². The predicted molar refractivity (Wildman–Crippen MR) is 135 cm³/mol. The number of anilines is 1. The Morgan fingerprint density at radius 1 is 1.19 bits per heavy atom. The second-order valence-corrected chi connectivity index (χ2v) is 10.5. The lowest BCUT2D eigenvalue weighted by Gasteiger charge is -2.41. The Bertz CT molecular complexity index is 1790. The molecule has 180 valence electrons. The van der Waals surface area contributed by atoms with Gasteiger partial charge in [-0.15, -0.1) is 0 Å².